The summed E-state index contributed by atoms with van der Waals surface area (Å²) in [4.78, 5) is 14.5. The van der Waals surface area contributed by atoms with Gasteiger partial charge in [0.25, 0.3) is 5.91 Å². The fourth-order valence-electron chi connectivity index (χ4n) is 2.77. The number of furan rings is 1. The van der Waals surface area contributed by atoms with E-state index < -0.39 is 5.91 Å². The monoisotopic (exact) mass is 429 g/mol. The largest absolute Gasteiger partial charge is 0.457 e. The third-order valence-corrected chi connectivity index (χ3v) is 4.70. The van der Waals surface area contributed by atoms with Gasteiger partial charge in [-0.2, -0.15) is 5.26 Å². The number of nitrogens with zero attached hydrogens (tertiary/aromatic N) is 2. The number of morpholine rings is 1. The van der Waals surface area contributed by atoms with Crippen LogP contribution in [0.15, 0.2) is 50.9 Å². The number of carbonyl (C=O) groups is 1. The normalized spacial score (nSPS) is 15.3. The third-order valence-electron chi connectivity index (χ3n) is 4.20. The molecule has 1 fully saturated rings. The Kier molecular flexibility index (Phi) is 6.82. The SMILES string of the molecule is N#C/C(=C\c1ccc(-c2cccc(Br)c2)o1)C(=O)NCCN1CCOCC1. The molecule has 7 heteroatoms. The van der Waals surface area contributed by atoms with Crippen molar-refractivity contribution in [2.24, 2.45) is 0 Å². The zero-order chi connectivity index (χ0) is 19.1. The predicted octanol–water partition coefficient (Wildman–Crippen LogP) is 3.06. The van der Waals surface area contributed by atoms with Crippen molar-refractivity contribution in [1.82, 2.24) is 10.2 Å². The molecule has 0 atom stereocenters. The molecule has 140 valence electrons. The third kappa shape index (κ3) is 5.54. The van der Waals surface area contributed by atoms with Crippen molar-refractivity contribution in [1.29, 1.82) is 5.26 Å². The average Bonchev–Trinajstić information content (AvgIpc) is 3.15. The molecular formula is C20H20BrN3O3. The van der Waals surface area contributed by atoms with Gasteiger partial charge in [-0.05, 0) is 24.3 Å². The lowest BCUT2D eigenvalue weighted by atomic mass is 10.2. The first-order valence-corrected chi connectivity index (χ1v) is 9.51. The Bertz CT molecular complexity index is 863. The summed E-state index contributed by atoms with van der Waals surface area (Å²) in [5, 5.41) is 12.1. The minimum atomic E-state index is -0.397. The van der Waals surface area contributed by atoms with Crippen molar-refractivity contribution in [3.8, 4) is 17.4 Å². The van der Waals surface area contributed by atoms with E-state index in [1.54, 1.807) is 6.07 Å². The highest BCUT2D eigenvalue weighted by Crippen LogP contribution is 2.25. The molecule has 27 heavy (non-hydrogen) atoms. The zero-order valence-corrected chi connectivity index (χ0v) is 16.4. The first-order valence-electron chi connectivity index (χ1n) is 8.71. The summed E-state index contributed by atoms with van der Waals surface area (Å²) in [6.07, 6.45) is 1.46. The smallest absolute Gasteiger partial charge is 0.262 e. The fraction of sp³-hybridized carbons (Fsp3) is 0.300. The molecule has 0 aliphatic carbocycles. The van der Waals surface area contributed by atoms with Gasteiger partial charge < -0.3 is 14.5 Å². The van der Waals surface area contributed by atoms with Crippen LogP contribution in [-0.2, 0) is 9.53 Å². The van der Waals surface area contributed by atoms with Gasteiger partial charge in [-0.3, -0.25) is 9.69 Å². The molecule has 2 aromatic rings. The van der Waals surface area contributed by atoms with Crippen LogP contribution in [0.5, 0.6) is 0 Å². The minimum absolute atomic E-state index is 0.0205. The minimum Gasteiger partial charge on any atom is -0.457 e. The molecule has 3 rings (SSSR count). The molecule has 0 bridgehead atoms. The Balaban J connectivity index is 1.60. The van der Waals surface area contributed by atoms with Crippen LogP contribution >= 0.6 is 15.9 Å². The number of hydrogen-bond donors (Lipinski definition) is 1. The summed E-state index contributed by atoms with van der Waals surface area (Å²) in [6, 6.07) is 13.2. The number of amides is 1. The molecule has 1 aromatic carbocycles. The maximum Gasteiger partial charge on any atom is 0.262 e. The van der Waals surface area contributed by atoms with Crippen LogP contribution in [0.1, 0.15) is 5.76 Å². The van der Waals surface area contributed by atoms with Gasteiger partial charge in [0.2, 0.25) is 0 Å². The zero-order valence-electron chi connectivity index (χ0n) is 14.8. The molecule has 0 spiro atoms. The van der Waals surface area contributed by atoms with Crippen molar-refractivity contribution in [2.45, 2.75) is 0 Å². The average molecular weight is 430 g/mol. The molecule has 1 N–H and O–H groups in total. The molecule has 2 heterocycles. The Morgan fingerprint density at radius 3 is 2.85 bits per heavy atom. The van der Waals surface area contributed by atoms with Crippen LogP contribution in [0.4, 0.5) is 0 Å². The van der Waals surface area contributed by atoms with Crippen LogP contribution < -0.4 is 5.32 Å². The maximum absolute atomic E-state index is 12.2. The second kappa shape index (κ2) is 9.51. The summed E-state index contributed by atoms with van der Waals surface area (Å²) in [5.74, 6) is 0.739. The van der Waals surface area contributed by atoms with Crippen molar-refractivity contribution in [3.63, 3.8) is 0 Å². The lowest BCUT2D eigenvalue weighted by molar-refractivity contribution is -0.117. The first kappa shape index (κ1) is 19.4. The molecule has 1 aliphatic heterocycles. The van der Waals surface area contributed by atoms with Crippen molar-refractivity contribution in [3.05, 3.63) is 52.2 Å². The molecule has 0 radical (unpaired) electrons. The highest BCUT2D eigenvalue weighted by molar-refractivity contribution is 9.10. The van der Waals surface area contributed by atoms with Gasteiger partial charge in [-0.1, -0.05) is 28.1 Å². The van der Waals surface area contributed by atoms with Gasteiger partial charge in [0.15, 0.2) is 0 Å². The van der Waals surface area contributed by atoms with Crippen LogP contribution in [0, 0.1) is 11.3 Å². The van der Waals surface area contributed by atoms with Crippen molar-refractivity contribution < 1.29 is 13.9 Å². The Labute approximate surface area is 166 Å². The van der Waals surface area contributed by atoms with Crippen molar-refractivity contribution >= 4 is 27.9 Å². The summed E-state index contributed by atoms with van der Waals surface area (Å²) >= 11 is 3.43. The number of halogens is 1. The molecule has 1 aromatic heterocycles. The number of benzene rings is 1. The van der Waals surface area contributed by atoms with E-state index >= 15 is 0 Å². The number of nitrogens with one attached hydrogen (secondary N) is 1. The van der Waals surface area contributed by atoms with E-state index in [0.29, 0.717) is 18.1 Å². The number of ether oxygens (including phenoxy) is 1. The molecule has 1 saturated heterocycles. The van der Waals surface area contributed by atoms with Crippen LogP contribution in [-0.4, -0.2) is 50.2 Å². The van der Waals surface area contributed by atoms with Gasteiger partial charge in [0.1, 0.15) is 23.2 Å². The van der Waals surface area contributed by atoms with Crippen LogP contribution in [0.2, 0.25) is 0 Å². The summed E-state index contributed by atoms with van der Waals surface area (Å²) in [5.41, 5.74) is 0.935. The van der Waals surface area contributed by atoms with Gasteiger partial charge in [-0.25, -0.2) is 0 Å². The van der Waals surface area contributed by atoms with Gasteiger partial charge >= 0.3 is 0 Å². The fourth-order valence-corrected chi connectivity index (χ4v) is 3.16. The topological polar surface area (TPSA) is 78.5 Å². The maximum atomic E-state index is 12.2. The van der Waals surface area contributed by atoms with Crippen LogP contribution in [0.3, 0.4) is 0 Å². The Morgan fingerprint density at radius 2 is 2.11 bits per heavy atom. The standard InChI is InChI=1S/C20H20BrN3O3/c21-17-3-1-2-15(12-17)19-5-4-18(27-19)13-16(14-22)20(25)23-6-7-24-8-10-26-11-9-24/h1-5,12-13H,6-11H2,(H,23,25)/b16-13+. The molecule has 0 saturated carbocycles. The lowest BCUT2D eigenvalue weighted by Gasteiger charge is -2.26. The van der Waals surface area contributed by atoms with Gasteiger partial charge in [-0.15, -0.1) is 0 Å². The first-order chi connectivity index (χ1) is 13.2. The highest BCUT2D eigenvalue weighted by atomic mass is 79.9. The Hall–Kier alpha value is -2.40. The quantitative estimate of drug-likeness (QED) is 0.563. The van der Waals surface area contributed by atoms with E-state index in [9.17, 15) is 10.1 Å². The van der Waals surface area contributed by atoms with Crippen LogP contribution in [0.25, 0.3) is 17.4 Å². The molecule has 6 nitrogen and oxygen atoms in total. The molecule has 1 amide bonds. The van der Waals surface area contributed by atoms with E-state index in [-0.39, 0.29) is 5.57 Å². The second-order valence-corrected chi connectivity index (χ2v) is 7.01. The van der Waals surface area contributed by atoms with E-state index in [4.69, 9.17) is 9.15 Å². The highest BCUT2D eigenvalue weighted by Gasteiger charge is 2.13. The summed E-state index contributed by atoms with van der Waals surface area (Å²) in [6.45, 7) is 4.39. The summed E-state index contributed by atoms with van der Waals surface area (Å²) in [7, 11) is 0. The number of nitriles is 1. The van der Waals surface area contributed by atoms with Gasteiger partial charge in [0, 0.05) is 42.3 Å². The molecule has 0 unspecified atom stereocenters. The predicted molar refractivity (Wildman–Crippen MR) is 106 cm³/mol. The number of carbonyl (C=O) groups excluding carboxylic acids is 1. The Morgan fingerprint density at radius 1 is 1.30 bits per heavy atom. The number of rotatable bonds is 6. The van der Waals surface area contributed by atoms with E-state index in [0.717, 1.165) is 42.9 Å². The van der Waals surface area contributed by atoms with E-state index in [1.165, 1.54) is 6.08 Å². The second-order valence-electron chi connectivity index (χ2n) is 6.09. The summed E-state index contributed by atoms with van der Waals surface area (Å²) < 4.78 is 12.0. The van der Waals surface area contributed by atoms with Gasteiger partial charge in [0.05, 0.1) is 13.2 Å². The van der Waals surface area contributed by atoms with Crippen molar-refractivity contribution in [2.75, 3.05) is 39.4 Å². The lowest BCUT2D eigenvalue weighted by Crippen LogP contribution is -2.41. The number of hydrogen-bond acceptors (Lipinski definition) is 5. The van der Waals surface area contributed by atoms with E-state index in [1.807, 2.05) is 36.4 Å². The molecular weight excluding hydrogens is 410 g/mol. The van der Waals surface area contributed by atoms with E-state index in [2.05, 4.69) is 26.1 Å². The molecule has 1 aliphatic rings.